The van der Waals surface area contributed by atoms with Gasteiger partial charge in [0.25, 0.3) is 5.69 Å². The van der Waals surface area contributed by atoms with Gasteiger partial charge in [-0.25, -0.2) is 4.79 Å². The lowest BCUT2D eigenvalue weighted by Gasteiger charge is -2.20. The lowest BCUT2D eigenvalue weighted by molar-refractivity contribution is -0.911. The van der Waals surface area contributed by atoms with Crippen LogP contribution in [0.15, 0.2) is 60.0 Å². The quantitative estimate of drug-likeness (QED) is 0.296. The molecule has 2 aromatic heterocycles. The maximum Gasteiger partial charge on any atom is 0.335 e. The number of fused-ring (bicyclic) bond motifs is 2. The van der Waals surface area contributed by atoms with Gasteiger partial charge in [-0.15, -0.1) is 5.10 Å². The summed E-state index contributed by atoms with van der Waals surface area (Å²) in [4.78, 5) is 15.9. The number of carboxylic acid groups (broad SMARTS) is 1. The summed E-state index contributed by atoms with van der Waals surface area (Å²) >= 11 is 6.27. The van der Waals surface area contributed by atoms with Crippen LogP contribution in [0.5, 0.6) is 0 Å². The zero-order chi connectivity index (χ0) is 24.3. The normalized spacial score (nSPS) is 18.3. The third kappa shape index (κ3) is 3.37. The number of hydrogen-bond acceptors (Lipinski definition) is 7. The van der Waals surface area contributed by atoms with E-state index in [1.54, 1.807) is 30.3 Å². The van der Waals surface area contributed by atoms with Crippen LogP contribution in [-0.2, 0) is 18.4 Å². The van der Waals surface area contributed by atoms with Crippen LogP contribution in [0.2, 0.25) is 5.02 Å². The van der Waals surface area contributed by atoms with Crippen LogP contribution in [0.1, 0.15) is 33.6 Å². The van der Waals surface area contributed by atoms with E-state index in [1.165, 1.54) is 23.3 Å². The lowest BCUT2D eigenvalue weighted by atomic mass is 9.90. The van der Waals surface area contributed by atoms with Gasteiger partial charge in [-0.3, -0.25) is 10.2 Å². The summed E-state index contributed by atoms with van der Waals surface area (Å²) < 4.78 is 2.45. The Morgan fingerprint density at radius 3 is 2.77 bits per heavy atom. The van der Waals surface area contributed by atoms with Crippen LogP contribution in [0.4, 0.5) is 5.69 Å². The first kappa shape index (κ1) is 21.4. The number of pyridine rings is 1. The monoisotopic (exact) mass is 489 g/mol. The molecule has 4 aromatic rings. The highest BCUT2D eigenvalue weighted by Crippen LogP contribution is 2.42. The van der Waals surface area contributed by atoms with Gasteiger partial charge >= 0.3 is 5.97 Å². The van der Waals surface area contributed by atoms with Gasteiger partial charge < -0.3 is 10.2 Å². The van der Waals surface area contributed by atoms with Crippen molar-refractivity contribution >= 4 is 29.0 Å². The van der Waals surface area contributed by atoms with Gasteiger partial charge in [-0.05, 0) is 71.3 Å². The van der Waals surface area contributed by atoms with Crippen molar-refractivity contribution in [3.05, 3.63) is 82.4 Å². The fourth-order valence-corrected chi connectivity index (χ4v) is 5.10. The Hall–Kier alpha value is -4.15. The van der Waals surface area contributed by atoms with Gasteiger partial charge in [0.15, 0.2) is 5.60 Å². The second kappa shape index (κ2) is 7.69. The van der Waals surface area contributed by atoms with Gasteiger partial charge in [0.2, 0.25) is 6.20 Å². The molecule has 2 aromatic carbocycles. The molecule has 35 heavy (non-hydrogen) atoms. The van der Waals surface area contributed by atoms with Crippen LogP contribution < -0.4 is 4.73 Å². The first-order valence-electron chi connectivity index (χ1n) is 10.8. The molecule has 1 atom stereocenters. The van der Waals surface area contributed by atoms with E-state index in [0.717, 1.165) is 15.9 Å². The molecule has 174 valence electrons. The third-order valence-electron chi connectivity index (χ3n) is 6.55. The molecule has 0 amide bonds. The van der Waals surface area contributed by atoms with Crippen molar-refractivity contribution in [1.82, 2.24) is 20.2 Å². The minimum atomic E-state index is -1.49. The van der Waals surface area contributed by atoms with Gasteiger partial charge in [-0.1, -0.05) is 11.6 Å². The summed E-state index contributed by atoms with van der Waals surface area (Å²) in [6, 6.07) is 11.9. The zero-order valence-electron chi connectivity index (χ0n) is 18.1. The average Bonchev–Trinajstić information content (AvgIpc) is 3.58. The van der Waals surface area contributed by atoms with Crippen LogP contribution >= 0.6 is 11.6 Å². The van der Waals surface area contributed by atoms with E-state index in [2.05, 4.69) is 20.5 Å². The number of aliphatic hydroxyl groups is 1. The number of benzene rings is 2. The minimum absolute atomic E-state index is 0.167. The fraction of sp³-hybridized carbons (Fsp3) is 0.167. The molecule has 1 unspecified atom stereocenters. The molecule has 1 aliphatic carbocycles. The van der Waals surface area contributed by atoms with Crippen molar-refractivity contribution in [1.29, 1.82) is 0 Å². The van der Waals surface area contributed by atoms with E-state index in [4.69, 9.17) is 11.6 Å². The number of nitrogens with zero attached hydrogens (tertiary/aromatic N) is 6. The highest BCUT2D eigenvalue weighted by atomic mass is 35.5. The predicted molar refractivity (Wildman–Crippen MR) is 123 cm³/mol. The first-order chi connectivity index (χ1) is 16.8. The van der Waals surface area contributed by atoms with Crippen LogP contribution in [0.3, 0.4) is 0 Å². The number of aryl methyl sites for hydroxylation is 1. The maximum atomic E-state index is 11.7. The molecule has 0 saturated carbocycles. The molecule has 2 aliphatic rings. The van der Waals surface area contributed by atoms with E-state index in [0.29, 0.717) is 58.2 Å². The number of tetrazole rings is 1. The SMILES string of the molecule is O=C(O)c1ccc2c(c1)CC(C1(O)CCc3cc(-c4cc(Cl)ccc4-n4cnnn4)c[n+](O)c31)=N2. The third-order valence-corrected chi connectivity index (χ3v) is 6.79. The van der Waals surface area contributed by atoms with Crippen molar-refractivity contribution in [3.63, 3.8) is 0 Å². The Bertz CT molecular complexity index is 1550. The summed E-state index contributed by atoms with van der Waals surface area (Å²) in [6.45, 7) is 0. The molecule has 0 spiro atoms. The number of halogens is 1. The van der Waals surface area contributed by atoms with Gasteiger partial charge in [-0.2, -0.15) is 4.68 Å². The van der Waals surface area contributed by atoms with E-state index >= 15 is 0 Å². The number of aromatic nitrogens is 5. The van der Waals surface area contributed by atoms with Gasteiger partial charge in [0.05, 0.1) is 28.2 Å². The van der Waals surface area contributed by atoms with Crippen LogP contribution in [0, 0.1) is 0 Å². The number of aliphatic imine (C=N–C) groups is 1. The largest absolute Gasteiger partial charge is 0.478 e. The Morgan fingerprint density at radius 2 is 2.00 bits per heavy atom. The molecule has 10 nitrogen and oxygen atoms in total. The predicted octanol–water partition coefficient (Wildman–Crippen LogP) is 2.67. The molecule has 1 aliphatic heterocycles. The van der Waals surface area contributed by atoms with E-state index in [9.17, 15) is 20.2 Å². The second-order valence-electron chi connectivity index (χ2n) is 8.61. The Labute approximate surface area is 203 Å². The summed E-state index contributed by atoms with van der Waals surface area (Å²) in [5.74, 6) is -1.02. The van der Waals surface area contributed by atoms with E-state index in [-0.39, 0.29) is 5.56 Å². The van der Waals surface area contributed by atoms with Crippen molar-refractivity contribution in [3.8, 4) is 16.8 Å². The molecular weight excluding hydrogens is 472 g/mol. The summed E-state index contributed by atoms with van der Waals surface area (Å²) in [6.07, 6.45) is 4.13. The van der Waals surface area contributed by atoms with Gasteiger partial charge in [0.1, 0.15) is 6.33 Å². The Kier molecular flexibility index (Phi) is 4.70. The molecule has 11 heteroatoms. The molecular formula is C24H18ClN6O4+. The topological polar surface area (TPSA) is 138 Å². The molecule has 3 N–H and O–H groups in total. The molecule has 6 rings (SSSR count). The average molecular weight is 490 g/mol. The number of carboxylic acids is 1. The summed E-state index contributed by atoms with van der Waals surface area (Å²) in [7, 11) is 0. The van der Waals surface area contributed by atoms with Gasteiger partial charge in [0, 0.05) is 27.3 Å². The molecule has 0 bridgehead atoms. The highest BCUT2D eigenvalue weighted by molar-refractivity contribution is 6.31. The smallest absolute Gasteiger partial charge is 0.335 e. The lowest BCUT2D eigenvalue weighted by Crippen LogP contribution is -2.47. The standard InChI is InChI=1S/C24H17ClN6O4/c25-17-2-4-20(30-12-26-28-29-30)18(10-17)16-7-13-5-6-24(34,22(13)31(35)11-16)21-9-15-8-14(23(32)33)1-3-19(15)27-21/h1-4,7-8,10-12,34H,5-6,9H2,(H-,32,33,35)/p+1. The Balaban J connectivity index is 1.41. The van der Waals surface area contributed by atoms with Crippen molar-refractivity contribution in [2.24, 2.45) is 4.99 Å². The van der Waals surface area contributed by atoms with Crippen molar-refractivity contribution in [2.75, 3.05) is 0 Å². The number of aromatic carboxylic acids is 1. The molecule has 0 radical (unpaired) electrons. The first-order valence-corrected chi connectivity index (χ1v) is 11.2. The number of hydrogen-bond donors (Lipinski definition) is 3. The number of rotatable bonds is 4. The highest BCUT2D eigenvalue weighted by Gasteiger charge is 2.51. The van der Waals surface area contributed by atoms with Crippen LogP contribution in [0.25, 0.3) is 16.8 Å². The summed E-state index contributed by atoms with van der Waals surface area (Å²) in [5.41, 5.74) is 3.67. The fourth-order valence-electron chi connectivity index (χ4n) is 4.93. The maximum absolute atomic E-state index is 11.7. The number of carbonyl (C=O) groups is 1. The van der Waals surface area contributed by atoms with Crippen molar-refractivity contribution < 1.29 is 24.9 Å². The molecule has 0 fully saturated rings. The zero-order valence-corrected chi connectivity index (χ0v) is 18.9. The van der Waals surface area contributed by atoms with Crippen LogP contribution in [-0.4, -0.2) is 47.3 Å². The second-order valence-corrected chi connectivity index (χ2v) is 9.04. The molecule has 0 saturated heterocycles. The minimum Gasteiger partial charge on any atom is -0.478 e. The van der Waals surface area contributed by atoms with Crippen molar-refractivity contribution in [2.45, 2.75) is 24.9 Å². The van der Waals surface area contributed by atoms with E-state index in [1.807, 2.05) is 6.07 Å². The molecule has 3 heterocycles. The summed E-state index contributed by atoms with van der Waals surface area (Å²) in [5, 5.41) is 43.9. The Morgan fingerprint density at radius 1 is 1.14 bits per heavy atom. The van der Waals surface area contributed by atoms with E-state index < -0.39 is 11.6 Å².